The van der Waals surface area contributed by atoms with Crippen LogP contribution in [-0.4, -0.2) is 37.0 Å². The number of rotatable bonds is 3. The van der Waals surface area contributed by atoms with Gasteiger partial charge in [0.05, 0.1) is 5.66 Å². The van der Waals surface area contributed by atoms with Crippen molar-refractivity contribution in [1.29, 1.82) is 0 Å². The van der Waals surface area contributed by atoms with Gasteiger partial charge in [0.2, 0.25) is 0 Å². The lowest BCUT2D eigenvalue weighted by Crippen LogP contribution is -2.58. The third-order valence-electron chi connectivity index (χ3n) is 4.13. The predicted molar refractivity (Wildman–Crippen MR) is 78.6 cm³/mol. The van der Waals surface area contributed by atoms with Gasteiger partial charge in [-0.15, -0.1) is 0 Å². The number of nitrogens with one attached hydrogen (secondary N) is 1. The summed E-state index contributed by atoms with van der Waals surface area (Å²) in [6.07, 6.45) is 1.73. The summed E-state index contributed by atoms with van der Waals surface area (Å²) in [6.45, 7) is 3.02. The molecule has 1 aliphatic heterocycles. The summed E-state index contributed by atoms with van der Waals surface area (Å²) in [5, 5.41) is 4.16. The quantitative estimate of drug-likeness (QED) is 0.864. The van der Waals surface area contributed by atoms with E-state index in [9.17, 15) is 4.79 Å². The van der Waals surface area contributed by atoms with E-state index in [0.717, 1.165) is 24.9 Å². The highest BCUT2D eigenvalue weighted by Gasteiger charge is 2.36. The van der Waals surface area contributed by atoms with Crippen molar-refractivity contribution in [2.24, 2.45) is 5.92 Å². The minimum absolute atomic E-state index is 0.0785. The summed E-state index contributed by atoms with van der Waals surface area (Å²) in [6, 6.07) is 7.20. The highest BCUT2D eigenvalue weighted by Crippen LogP contribution is 2.28. The Bertz CT molecular complexity index is 458. The number of carbonyl (C=O) groups excluding carboxylic acids is 1. The molecule has 0 radical (unpaired) electrons. The molecule has 0 aliphatic carbocycles. The van der Waals surface area contributed by atoms with E-state index in [1.165, 1.54) is 0 Å². The fourth-order valence-corrected chi connectivity index (χ4v) is 2.71. The zero-order valence-electron chi connectivity index (χ0n) is 11.7. The largest absolute Gasteiger partial charge is 0.299 e. The summed E-state index contributed by atoms with van der Waals surface area (Å²) in [5.74, 6) is 0.307. The Labute approximate surface area is 119 Å². The molecule has 0 amide bonds. The summed E-state index contributed by atoms with van der Waals surface area (Å²) in [4.78, 5) is 14.7. The lowest BCUT2D eigenvalue weighted by Gasteiger charge is -2.43. The van der Waals surface area contributed by atoms with Crippen LogP contribution in [0.3, 0.4) is 0 Å². The molecule has 1 aromatic rings. The second-order valence-electron chi connectivity index (χ2n) is 5.66. The van der Waals surface area contributed by atoms with E-state index in [1.54, 1.807) is 12.1 Å². The smallest absolute Gasteiger partial charge is 0.166 e. The lowest BCUT2D eigenvalue weighted by atomic mass is 9.83. The molecule has 1 N–H and O–H groups in total. The van der Waals surface area contributed by atoms with Gasteiger partial charge in [-0.1, -0.05) is 11.6 Å². The Morgan fingerprint density at radius 2 is 2.00 bits per heavy atom. The van der Waals surface area contributed by atoms with Gasteiger partial charge in [-0.05, 0) is 64.7 Å². The zero-order valence-corrected chi connectivity index (χ0v) is 12.5. The number of Topliss-reactive ketones (excluding diaryl/α,β-unsaturated/α-hetero) is 1. The number of hydrogen-bond donors (Lipinski definition) is 1. The van der Waals surface area contributed by atoms with Crippen LogP contribution >= 0.6 is 11.6 Å². The first-order valence-electron chi connectivity index (χ1n) is 6.64. The maximum Gasteiger partial charge on any atom is 0.166 e. The van der Waals surface area contributed by atoms with E-state index < -0.39 is 0 Å². The Hall–Kier alpha value is -0.900. The number of carbonyl (C=O) groups is 1. The topological polar surface area (TPSA) is 32.3 Å². The second-order valence-corrected chi connectivity index (χ2v) is 6.09. The summed E-state index contributed by atoms with van der Waals surface area (Å²) in [5.41, 5.74) is 0.655. The minimum atomic E-state index is -0.106. The van der Waals surface area contributed by atoms with E-state index >= 15 is 0 Å². The normalized spacial score (nSPS) is 27.5. The van der Waals surface area contributed by atoms with Crippen LogP contribution in [0.4, 0.5) is 0 Å². The molecule has 1 aliphatic rings. The van der Waals surface area contributed by atoms with Crippen molar-refractivity contribution in [1.82, 2.24) is 10.2 Å². The molecule has 2 rings (SSSR count). The average Bonchev–Trinajstić information content (AvgIpc) is 2.39. The van der Waals surface area contributed by atoms with E-state index in [1.807, 2.05) is 26.2 Å². The Balaban J connectivity index is 2.13. The van der Waals surface area contributed by atoms with Gasteiger partial charge >= 0.3 is 0 Å². The molecule has 19 heavy (non-hydrogen) atoms. The van der Waals surface area contributed by atoms with Crippen molar-refractivity contribution in [2.75, 3.05) is 20.6 Å². The van der Waals surface area contributed by atoms with Crippen molar-refractivity contribution in [2.45, 2.75) is 25.4 Å². The van der Waals surface area contributed by atoms with Gasteiger partial charge in [-0.25, -0.2) is 0 Å². The van der Waals surface area contributed by atoms with Gasteiger partial charge in [0.15, 0.2) is 5.78 Å². The Morgan fingerprint density at radius 1 is 1.37 bits per heavy atom. The lowest BCUT2D eigenvalue weighted by molar-refractivity contribution is 0.0548. The molecular formula is C15H21ClN2O. The molecule has 0 bridgehead atoms. The van der Waals surface area contributed by atoms with Gasteiger partial charge in [-0.2, -0.15) is 0 Å². The fraction of sp³-hybridized carbons (Fsp3) is 0.533. The van der Waals surface area contributed by atoms with Crippen LogP contribution in [0.2, 0.25) is 5.02 Å². The van der Waals surface area contributed by atoms with Crippen LogP contribution in [-0.2, 0) is 0 Å². The molecule has 1 saturated heterocycles. The molecule has 0 saturated carbocycles. The maximum atomic E-state index is 12.5. The summed E-state index contributed by atoms with van der Waals surface area (Å²) in [7, 11) is 4.09. The molecule has 0 aromatic heterocycles. The number of halogens is 1. The first-order valence-corrected chi connectivity index (χ1v) is 7.02. The van der Waals surface area contributed by atoms with E-state index in [2.05, 4.69) is 17.1 Å². The number of piperidine rings is 1. The Morgan fingerprint density at radius 3 is 2.58 bits per heavy atom. The van der Waals surface area contributed by atoms with Crippen molar-refractivity contribution in [3.05, 3.63) is 34.9 Å². The maximum absolute atomic E-state index is 12.5. The number of benzene rings is 1. The molecule has 2 unspecified atom stereocenters. The second kappa shape index (κ2) is 5.61. The van der Waals surface area contributed by atoms with Crippen LogP contribution in [0.15, 0.2) is 24.3 Å². The van der Waals surface area contributed by atoms with Crippen molar-refractivity contribution in [3.8, 4) is 0 Å². The van der Waals surface area contributed by atoms with Crippen LogP contribution in [0, 0.1) is 5.92 Å². The fourth-order valence-electron chi connectivity index (χ4n) is 2.58. The Kier molecular flexibility index (Phi) is 4.29. The zero-order chi connectivity index (χ0) is 14.0. The molecule has 1 heterocycles. The van der Waals surface area contributed by atoms with Crippen LogP contribution in [0.5, 0.6) is 0 Å². The number of nitrogens with zero attached hydrogens (tertiary/aromatic N) is 1. The van der Waals surface area contributed by atoms with Gasteiger partial charge in [0, 0.05) is 16.5 Å². The van der Waals surface area contributed by atoms with Crippen LogP contribution in [0.1, 0.15) is 30.1 Å². The van der Waals surface area contributed by atoms with Gasteiger partial charge in [0.1, 0.15) is 0 Å². The van der Waals surface area contributed by atoms with Crippen molar-refractivity contribution in [3.63, 3.8) is 0 Å². The van der Waals surface area contributed by atoms with E-state index in [4.69, 9.17) is 11.6 Å². The van der Waals surface area contributed by atoms with E-state index in [-0.39, 0.29) is 17.4 Å². The first-order chi connectivity index (χ1) is 8.92. The van der Waals surface area contributed by atoms with Crippen molar-refractivity contribution >= 4 is 17.4 Å². The van der Waals surface area contributed by atoms with Crippen LogP contribution < -0.4 is 5.32 Å². The molecule has 3 nitrogen and oxygen atoms in total. The minimum Gasteiger partial charge on any atom is -0.299 e. The third-order valence-corrected chi connectivity index (χ3v) is 4.38. The van der Waals surface area contributed by atoms with E-state index in [0.29, 0.717) is 5.02 Å². The SMILES string of the molecule is CN(C)C1(C)CC(C(=O)c2ccc(Cl)cc2)CCN1. The molecule has 2 atom stereocenters. The molecule has 4 heteroatoms. The number of ketones is 1. The monoisotopic (exact) mass is 280 g/mol. The summed E-state index contributed by atoms with van der Waals surface area (Å²) >= 11 is 5.86. The molecule has 104 valence electrons. The van der Waals surface area contributed by atoms with Crippen LogP contribution in [0.25, 0.3) is 0 Å². The molecule has 1 aromatic carbocycles. The average molecular weight is 281 g/mol. The highest BCUT2D eigenvalue weighted by molar-refractivity contribution is 6.30. The molecular weight excluding hydrogens is 260 g/mol. The van der Waals surface area contributed by atoms with Gasteiger partial charge in [0.25, 0.3) is 0 Å². The standard InChI is InChI=1S/C15H21ClN2O/c1-15(18(2)3)10-12(8-9-17-15)14(19)11-4-6-13(16)7-5-11/h4-7,12,17H,8-10H2,1-3H3. The van der Waals surface area contributed by atoms with Gasteiger partial charge < -0.3 is 0 Å². The molecule has 0 spiro atoms. The molecule has 1 fully saturated rings. The highest BCUT2D eigenvalue weighted by atomic mass is 35.5. The summed E-state index contributed by atoms with van der Waals surface area (Å²) < 4.78 is 0. The third kappa shape index (κ3) is 3.16. The van der Waals surface area contributed by atoms with Crippen molar-refractivity contribution < 1.29 is 4.79 Å². The first kappa shape index (κ1) is 14.5. The van der Waals surface area contributed by atoms with Gasteiger partial charge in [-0.3, -0.25) is 15.0 Å². The predicted octanol–water partition coefficient (Wildman–Crippen LogP) is 2.80. The number of hydrogen-bond acceptors (Lipinski definition) is 3.